The zero-order valence-electron chi connectivity index (χ0n) is 12.6. The number of amides is 2. The molecule has 1 aromatic rings. The number of rotatable bonds is 5. The van der Waals surface area contributed by atoms with Crippen LogP contribution in [0.15, 0.2) is 24.3 Å². The molecule has 6 heteroatoms. The molecule has 1 fully saturated rings. The van der Waals surface area contributed by atoms with Crippen molar-refractivity contribution in [3.05, 3.63) is 29.3 Å². The summed E-state index contributed by atoms with van der Waals surface area (Å²) in [5, 5.41) is 0.642. The fourth-order valence-corrected chi connectivity index (χ4v) is 2.74. The number of halogens is 1. The maximum Gasteiger partial charge on any atom is 0.226 e. The summed E-state index contributed by atoms with van der Waals surface area (Å²) in [5.41, 5.74) is 5.35. The third-order valence-corrected chi connectivity index (χ3v) is 4.26. The summed E-state index contributed by atoms with van der Waals surface area (Å²) >= 11 is 5.80. The van der Waals surface area contributed by atoms with Gasteiger partial charge in [0.2, 0.25) is 11.8 Å². The van der Waals surface area contributed by atoms with Crippen molar-refractivity contribution in [2.45, 2.75) is 32.2 Å². The molecule has 1 aliphatic rings. The van der Waals surface area contributed by atoms with Crippen LogP contribution >= 0.6 is 11.6 Å². The normalized spacial score (nSPS) is 21.5. The number of hydrogen-bond donors (Lipinski definition) is 1. The number of ether oxygens (including phenoxy) is 1. The van der Waals surface area contributed by atoms with Crippen molar-refractivity contribution >= 4 is 23.4 Å². The smallest absolute Gasteiger partial charge is 0.226 e. The Kier molecular flexibility index (Phi) is 5.66. The van der Waals surface area contributed by atoms with Gasteiger partial charge in [0.15, 0.2) is 0 Å². The highest BCUT2D eigenvalue weighted by molar-refractivity contribution is 6.30. The van der Waals surface area contributed by atoms with Crippen molar-refractivity contribution in [1.29, 1.82) is 0 Å². The van der Waals surface area contributed by atoms with Crippen LogP contribution in [0.1, 0.15) is 26.2 Å². The zero-order chi connectivity index (χ0) is 16.1. The summed E-state index contributed by atoms with van der Waals surface area (Å²) in [6.45, 7) is 2.70. The molecule has 2 atom stereocenters. The molecule has 0 unspecified atom stereocenters. The van der Waals surface area contributed by atoms with Gasteiger partial charge in [-0.3, -0.25) is 9.59 Å². The Morgan fingerprint density at radius 3 is 2.64 bits per heavy atom. The summed E-state index contributed by atoms with van der Waals surface area (Å²) in [7, 11) is 0. The molecule has 1 saturated heterocycles. The Bertz CT molecular complexity index is 533. The van der Waals surface area contributed by atoms with E-state index in [1.165, 1.54) is 0 Å². The third-order valence-electron chi connectivity index (χ3n) is 4.00. The van der Waals surface area contributed by atoms with Gasteiger partial charge >= 0.3 is 0 Å². The van der Waals surface area contributed by atoms with Crippen molar-refractivity contribution in [3.8, 4) is 5.75 Å². The molecular formula is C16H21ClN2O3. The first-order valence-electron chi connectivity index (χ1n) is 7.44. The fraction of sp³-hybridized carbons (Fsp3) is 0.500. The van der Waals surface area contributed by atoms with E-state index in [-0.39, 0.29) is 30.2 Å². The third kappa shape index (κ3) is 4.37. The molecule has 0 aromatic heterocycles. The average Bonchev–Trinajstić information content (AvgIpc) is 2.49. The van der Waals surface area contributed by atoms with E-state index in [2.05, 4.69) is 0 Å². The Morgan fingerprint density at radius 1 is 1.32 bits per heavy atom. The van der Waals surface area contributed by atoms with Crippen LogP contribution in [0.3, 0.4) is 0 Å². The molecule has 0 spiro atoms. The quantitative estimate of drug-likeness (QED) is 0.902. The number of nitrogens with zero attached hydrogens (tertiary/aromatic N) is 1. The molecule has 0 saturated carbocycles. The predicted octanol–water partition coefficient (Wildman–Crippen LogP) is 2.22. The van der Waals surface area contributed by atoms with E-state index in [1.807, 2.05) is 6.92 Å². The van der Waals surface area contributed by atoms with E-state index >= 15 is 0 Å². The number of benzene rings is 1. The summed E-state index contributed by atoms with van der Waals surface area (Å²) in [6.07, 6.45) is 1.83. The number of primary amides is 1. The Morgan fingerprint density at radius 2 is 2.00 bits per heavy atom. The molecule has 0 radical (unpaired) electrons. The monoisotopic (exact) mass is 324 g/mol. The standard InChI is InChI=1S/C16H21ClN2O3/c1-11-2-3-12(16(18)21)10-19(11)15(20)8-9-22-14-6-4-13(17)5-7-14/h4-7,11-12H,2-3,8-10H2,1H3,(H2,18,21)/t11-,12+/m1/s1. The molecule has 0 aliphatic carbocycles. The largest absolute Gasteiger partial charge is 0.493 e. The molecule has 1 aromatic carbocycles. The molecular weight excluding hydrogens is 304 g/mol. The van der Waals surface area contributed by atoms with Crippen molar-refractivity contribution in [2.24, 2.45) is 11.7 Å². The van der Waals surface area contributed by atoms with Gasteiger partial charge in [-0.15, -0.1) is 0 Å². The van der Waals surface area contributed by atoms with E-state index in [0.29, 0.717) is 23.9 Å². The lowest BCUT2D eigenvalue weighted by Crippen LogP contribution is -2.48. The molecule has 2 N–H and O–H groups in total. The second-order valence-corrected chi connectivity index (χ2v) is 6.06. The van der Waals surface area contributed by atoms with E-state index in [0.717, 1.165) is 12.8 Å². The topological polar surface area (TPSA) is 72.6 Å². The van der Waals surface area contributed by atoms with E-state index in [9.17, 15) is 9.59 Å². The highest BCUT2D eigenvalue weighted by atomic mass is 35.5. The maximum absolute atomic E-state index is 12.3. The Labute approximate surface area is 135 Å². The number of likely N-dealkylation sites (tertiary alicyclic amines) is 1. The minimum Gasteiger partial charge on any atom is -0.493 e. The minimum atomic E-state index is -0.331. The van der Waals surface area contributed by atoms with E-state index in [4.69, 9.17) is 22.1 Å². The van der Waals surface area contributed by atoms with Gasteiger partial charge in [-0.25, -0.2) is 0 Å². The number of hydrogen-bond acceptors (Lipinski definition) is 3. The molecule has 2 amide bonds. The van der Waals surface area contributed by atoms with Gasteiger partial charge < -0.3 is 15.4 Å². The lowest BCUT2D eigenvalue weighted by Gasteiger charge is -2.37. The van der Waals surface area contributed by atoms with Crippen LogP contribution in [-0.2, 0) is 9.59 Å². The van der Waals surface area contributed by atoms with Crippen LogP contribution < -0.4 is 10.5 Å². The SMILES string of the molecule is C[C@@H]1CC[C@H](C(N)=O)CN1C(=O)CCOc1ccc(Cl)cc1. The molecule has 1 aliphatic heterocycles. The van der Waals surface area contributed by atoms with Gasteiger partial charge in [0.25, 0.3) is 0 Å². The van der Waals surface area contributed by atoms with Crippen molar-refractivity contribution in [2.75, 3.05) is 13.2 Å². The van der Waals surface area contributed by atoms with Gasteiger partial charge in [-0.2, -0.15) is 0 Å². The molecule has 120 valence electrons. The summed E-state index contributed by atoms with van der Waals surface area (Å²) < 4.78 is 5.53. The van der Waals surface area contributed by atoms with Gasteiger partial charge in [-0.1, -0.05) is 11.6 Å². The zero-order valence-corrected chi connectivity index (χ0v) is 13.4. The van der Waals surface area contributed by atoms with Crippen LogP contribution in [0, 0.1) is 5.92 Å². The molecule has 22 heavy (non-hydrogen) atoms. The predicted molar refractivity (Wildman–Crippen MR) is 84.7 cm³/mol. The van der Waals surface area contributed by atoms with Crippen LogP contribution in [-0.4, -0.2) is 35.9 Å². The number of carbonyl (C=O) groups excluding carboxylic acids is 2. The minimum absolute atomic E-state index is 0.00702. The van der Waals surface area contributed by atoms with E-state index < -0.39 is 0 Å². The fourth-order valence-electron chi connectivity index (χ4n) is 2.62. The van der Waals surface area contributed by atoms with E-state index in [1.54, 1.807) is 29.2 Å². The molecule has 0 bridgehead atoms. The van der Waals surface area contributed by atoms with Crippen LogP contribution in [0.5, 0.6) is 5.75 Å². The summed E-state index contributed by atoms with van der Waals surface area (Å²) in [4.78, 5) is 25.3. The van der Waals surface area contributed by atoms with Gasteiger partial charge in [-0.05, 0) is 44.0 Å². The first kappa shape index (κ1) is 16.6. The van der Waals surface area contributed by atoms with Gasteiger partial charge in [0.1, 0.15) is 5.75 Å². The molecule has 2 rings (SSSR count). The Hall–Kier alpha value is -1.75. The van der Waals surface area contributed by atoms with Crippen molar-refractivity contribution in [1.82, 2.24) is 4.90 Å². The van der Waals surface area contributed by atoms with Crippen molar-refractivity contribution in [3.63, 3.8) is 0 Å². The highest BCUT2D eigenvalue weighted by Gasteiger charge is 2.31. The molecule has 5 nitrogen and oxygen atoms in total. The number of piperidine rings is 1. The maximum atomic E-state index is 12.3. The second-order valence-electron chi connectivity index (χ2n) is 5.62. The average molecular weight is 325 g/mol. The van der Waals surface area contributed by atoms with Crippen LogP contribution in [0.25, 0.3) is 0 Å². The lowest BCUT2D eigenvalue weighted by molar-refractivity contribution is -0.138. The van der Waals surface area contributed by atoms with Gasteiger partial charge in [0, 0.05) is 17.6 Å². The first-order valence-corrected chi connectivity index (χ1v) is 7.82. The van der Waals surface area contributed by atoms with Crippen molar-refractivity contribution < 1.29 is 14.3 Å². The van der Waals surface area contributed by atoms with Crippen LogP contribution in [0.2, 0.25) is 5.02 Å². The highest BCUT2D eigenvalue weighted by Crippen LogP contribution is 2.22. The molecule has 1 heterocycles. The van der Waals surface area contributed by atoms with Crippen LogP contribution in [0.4, 0.5) is 0 Å². The first-order chi connectivity index (χ1) is 10.5. The lowest BCUT2D eigenvalue weighted by atomic mass is 9.92. The summed E-state index contributed by atoms with van der Waals surface area (Å²) in [6, 6.07) is 7.14. The summed E-state index contributed by atoms with van der Waals surface area (Å²) in [5.74, 6) is 0.103. The van der Waals surface area contributed by atoms with Gasteiger partial charge in [0.05, 0.1) is 18.9 Å². The number of nitrogens with two attached hydrogens (primary N) is 1. The second kappa shape index (κ2) is 7.49. The number of carbonyl (C=O) groups is 2. The Balaban J connectivity index is 1.82.